The van der Waals surface area contributed by atoms with E-state index in [-0.39, 0.29) is 24.5 Å². The molecule has 160 valence electrons. The predicted octanol–water partition coefficient (Wildman–Crippen LogP) is 1.75. The number of hydrogen-bond acceptors (Lipinski definition) is 7. The number of carbonyl (C=O) groups excluding carboxylic acids is 3. The van der Waals surface area contributed by atoms with E-state index >= 15 is 0 Å². The minimum absolute atomic E-state index is 0.0661. The molecular weight excluding hydrogens is 394 g/mol. The highest BCUT2D eigenvalue weighted by atomic mass is 32.1. The molecule has 8 nitrogen and oxygen atoms in total. The number of hydrogen-bond donors (Lipinski definition) is 1. The molecule has 0 unspecified atom stereocenters. The highest BCUT2D eigenvalue weighted by molar-refractivity contribution is 7.16. The van der Waals surface area contributed by atoms with E-state index in [0.29, 0.717) is 50.0 Å². The van der Waals surface area contributed by atoms with E-state index in [4.69, 9.17) is 9.47 Å². The molecule has 3 rings (SSSR count). The van der Waals surface area contributed by atoms with Gasteiger partial charge in [0, 0.05) is 37.7 Å². The van der Waals surface area contributed by atoms with Crippen LogP contribution in [0.5, 0.6) is 0 Å². The average Bonchev–Trinajstić information content (AvgIpc) is 3.38. The number of anilines is 1. The van der Waals surface area contributed by atoms with Crippen LogP contribution < -0.4 is 5.32 Å². The van der Waals surface area contributed by atoms with Crippen molar-refractivity contribution in [3.63, 3.8) is 0 Å². The predicted molar refractivity (Wildman–Crippen MR) is 110 cm³/mol. The fourth-order valence-corrected chi connectivity index (χ4v) is 4.54. The lowest BCUT2D eigenvalue weighted by Crippen LogP contribution is -2.52. The second kappa shape index (κ2) is 10.2. The summed E-state index contributed by atoms with van der Waals surface area (Å²) >= 11 is 1.40. The third kappa shape index (κ3) is 5.55. The lowest BCUT2D eigenvalue weighted by Gasteiger charge is -2.35. The molecule has 0 aliphatic carbocycles. The largest absolute Gasteiger partial charge is 0.462 e. The van der Waals surface area contributed by atoms with Gasteiger partial charge >= 0.3 is 5.97 Å². The molecule has 0 spiro atoms. The Hall–Kier alpha value is -1.97. The van der Waals surface area contributed by atoms with E-state index in [1.165, 1.54) is 11.3 Å². The molecule has 1 N–H and O–H groups in total. The van der Waals surface area contributed by atoms with Gasteiger partial charge < -0.3 is 19.7 Å². The zero-order valence-corrected chi connectivity index (χ0v) is 17.9. The molecule has 9 heteroatoms. The fourth-order valence-electron chi connectivity index (χ4n) is 3.54. The first kappa shape index (κ1) is 21.7. The number of nitrogens with one attached hydrogen (secondary N) is 1. The first-order valence-corrected chi connectivity index (χ1v) is 11.1. The maximum absolute atomic E-state index is 12.5. The second-order valence-electron chi connectivity index (χ2n) is 7.18. The zero-order valence-electron chi connectivity index (χ0n) is 17.1. The molecule has 0 saturated carbocycles. The van der Waals surface area contributed by atoms with Crippen molar-refractivity contribution < 1.29 is 23.9 Å². The topological polar surface area (TPSA) is 88.2 Å². The van der Waals surface area contributed by atoms with Crippen LogP contribution in [0.15, 0.2) is 6.07 Å². The molecule has 2 aliphatic rings. The van der Waals surface area contributed by atoms with E-state index in [9.17, 15) is 14.4 Å². The van der Waals surface area contributed by atoms with Crippen molar-refractivity contribution >= 4 is 34.1 Å². The summed E-state index contributed by atoms with van der Waals surface area (Å²) in [4.78, 5) is 42.0. The smallest absolute Gasteiger partial charge is 0.341 e. The molecule has 1 atom stereocenters. The van der Waals surface area contributed by atoms with Crippen molar-refractivity contribution in [2.75, 3.05) is 51.3 Å². The van der Waals surface area contributed by atoms with Crippen LogP contribution in [0.1, 0.15) is 41.9 Å². The Bertz CT molecular complexity index is 736. The normalized spacial score (nSPS) is 19.9. The van der Waals surface area contributed by atoms with Crippen LogP contribution >= 0.6 is 11.3 Å². The fraction of sp³-hybridized carbons (Fsp3) is 0.650. The number of carbonyl (C=O) groups is 3. The molecule has 0 aromatic carbocycles. The van der Waals surface area contributed by atoms with Gasteiger partial charge in [-0.15, -0.1) is 11.3 Å². The number of esters is 1. The summed E-state index contributed by atoms with van der Waals surface area (Å²) in [5.74, 6) is -0.518. The van der Waals surface area contributed by atoms with Crippen LogP contribution in [-0.2, 0) is 25.5 Å². The summed E-state index contributed by atoms with van der Waals surface area (Å²) in [6.07, 6.45) is 2.23. The van der Waals surface area contributed by atoms with Crippen LogP contribution in [0.2, 0.25) is 0 Å². The highest BCUT2D eigenvalue weighted by Crippen LogP contribution is 2.29. The Morgan fingerprint density at radius 2 is 2.00 bits per heavy atom. The Labute approximate surface area is 175 Å². The number of thiophene rings is 1. The van der Waals surface area contributed by atoms with Crippen molar-refractivity contribution in [3.05, 3.63) is 16.5 Å². The minimum Gasteiger partial charge on any atom is -0.462 e. The van der Waals surface area contributed by atoms with Gasteiger partial charge in [0.15, 0.2) is 0 Å². The first-order chi connectivity index (χ1) is 14.0. The monoisotopic (exact) mass is 423 g/mol. The third-order valence-electron chi connectivity index (χ3n) is 5.14. The number of nitrogens with zero attached hydrogens (tertiary/aromatic N) is 2. The Morgan fingerprint density at radius 3 is 2.62 bits per heavy atom. The summed E-state index contributed by atoms with van der Waals surface area (Å²) in [5, 5.41) is 3.41. The molecule has 29 heavy (non-hydrogen) atoms. The number of aryl methyl sites for hydroxylation is 1. The van der Waals surface area contributed by atoms with Crippen molar-refractivity contribution in [1.29, 1.82) is 0 Å². The SMILES string of the molecule is CCOC(=O)c1cc(CC)sc1NC(=O)CN1CCN(C(=O)[C@@H]2CCCO2)CC1. The number of amides is 2. The maximum atomic E-state index is 12.5. The molecule has 2 fully saturated rings. The van der Waals surface area contributed by atoms with Gasteiger partial charge in [0.25, 0.3) is 5.91 Å². The molecule has 1 aromatic heterocycles. The lowest BCUT2D eigenvalue weighted by molar-refractivity contribution is -0.142. The highest BCUT2D eigenvalue weighted by Gasteiger charge is 2.30. The third-order valence-corrected chi connectivity index (χ3v) is 6.33. The van der Waals surface area contributed by atoms with E-state index in [0.717, 1.165) is 24.1 Å². The summed E-state index contributed by atoms with van der Waals surface area (Å²) in [5.41, 5.74) is 0.411. The maximum Gasteiger partial charge on any atom is 0.341 e. The van der Waals surface area contributed by atoms with Crippen molar-refractivity contribution in [1.82, 2.24) is 9.80 Å². The van der Waals surface area contributed by atoms with Crippen LogP contribution in [0, 0.1) is 0 Å². The van der Waals surface area contributed by atoms with E-state index in [2.05, 4.69) is 5.32 Å². The van der Waals surface area contributed by atoms with E-state index in [1.807, 2.05) is 16.7 Å². The van der Waals surface area contributed by atoms with Crippen LogP contribution in [-0.4, -0.2) is 79.6 Å². The van der Waals surface area contributed by atoms with Crippen molar-refractivity contribution in [3.8, 4) is 0 Å². The Morgan fingerprint density at radius 1 is 1.24 bits per heavy atom. The quantitative estimate of drug-likeness (QED) is 0.673. The summed E-state index contributed by atoms with van der Waals surface area (Å²) in [7, 11) is 0. The van der Waals surface area contributed by atoms with Crippen molar-refractivity contribution in [2.45, 2.75) is 39.2 Å². The summed E-state index contributed by atoms with van der Waals surface area (Å²) in [6.45, 7) is 7.41. The molecular formula is C20H29N3O5S. The van der Waals surface area contributed by atoms with Gasteiger partial charge in [-0.1, -0.05) is 6.92 Å². The summed E-state index contributed by atoms with van der Waals surface area (Å²) in [6, 6.07) is 1.79. The number of ether oxygens (including phenoxy) is 2. The minimum atomic E-state index is -0.417. The van der Waals surface area contributed by atoms with Gasteiger partial charge in [0.05, 0.1) is 18.7 Å². The van der Waals surface area contributed by atoms with Crippen LogP contribution in [0.4, 0.5) is 5.00 Å². The molecule has 2 amide bonds. The lowest BCUT2D eigenvalue weighted by atomic mass is 10.2. The molecule has 1 aromatic rings. The molecule has 0 radical (unpaired) electrons. The average molecular weight is 424 g/mol. The van der Waals surface area contributed by atoms with E-state index in [1.54, 1.807) is 13.0 Å². The number of rotatable bonds is 7. The van der Waals surface area contributed by atoms with Crippen LogP contribution in [0.25, 0.3) is 0 Å². The summed E-state index contributed by atoms with van der Waals surface area (Å²) < 4.78 is 10.6. The van der Waals surface area contributed by atoms with Gasteiger partial charge in [-0.3, -0.25) is 14.5 Å². The van der Waals surface area contributed by atoms with Gasteiger partial charge in [-0.25, -0.2) is 4.79 Å². The van der Waals surface area contributed by atoms with Gasteiger partial charge in [-0.05, 0) is 32.3 Å². The molecule has 2 saturated heterocycles. The molecule has 0 bridgehead atoms. The number of piperazine rings is 1. The first-order valence-electron chi connectivity index (χ1n) is 10.2. The second-order valence-corrected chi connectivity index (χ2v) is 8.32. The van der Waals surface area contributed by atoms with Gasteiger partial charge in [-0.2, -0.15) is 0 Å². The molecule has 3 heterocycles. The molecule has 2 aliphatic heterocycles. The Kier molecular flexibility index (Phi) is 7.63. The zero-order chi connectivity index (χ0) is 20.8. The standard InChI is InChI=1S/C20H29N3O5S/c1-3-14-12-15(20(26)27-4-2)18(29-14)21-17(24)13-22-7-9-23(10-8-22)19(25)16-6-5-11-28-16/h12,16H,3-11,13H2,1-2H3,(H,21,24)/t16-/m0/s1. The van der Waals surface area contributed by atoms with Gasteiger partial charge in [0.2, 0.25) is 5.91 Å². The van der Waals surface area contributed by atoms with Gasteiger partial charge in [0.1, 0.15) is 11.1 Å². The van der Waals surface area contributed by atoms with Crippen LogP contribution in [0.3, 0.4) is 0 Å². The van der Waals surface area contributed by atoms with E-state index < -0.39 is 5.97 Å². The Balaban J connectivity index is 1.51. The van der Waals surface area contributed by atoms with Crippen molar-refractivity contribution in [2.24, 2.45) is 0 Å².